The van der Waals surface area contributed by atoms with Crippen molar-refractivity contribution in [1.82, 2.24) is 4.90 Å². The van der Waals surface area contributed by atoms with Gasteiger partial charge in [0.25, 0.3) is 0 Å². The summed E-state index contributed by atoms with van der Waals surface area (Å²) in [4.78, 5) is 2.05. The van der Waals surface area contributed by atoms with Crippen molar-refractivity contribution in [1.29, 1.82) is 0 Å². The first-order valence-electron chi connectivity index (χ1n) is 5.92. The third-order valence-corrected chi connectivity index (χ3v) is 3.32. The first-order valence-corrected chi connectivity index (χ1v) is 6.32. The Bertz CT molecular complexity index is 369. The fraction of sp³-hybridized carbons (Fsp3) is 0.462. The standard InChI is InChI=1S/C13H18N2OS/c14-13(17)15-7-6-12(8-15)10-16-9-11-4-2-1-3-5-11/h1-5,12H,6-10H2,(H2,14,17). The molecule has 0 saturated carbocycles. The predicted molar refractivity (Wildman–Crippen MR) is 72.6 cm³/mol. The van der Waals surface area contributed by atoms with Crippen LogP contribution in [0, 0.1) is 5.92 Å². The van der Waals surface area contributed by atoms with Gasteiger partial charge in [0.15, 0.2) is 5.11 Å². The lowest BCUT2D eigenvalue weighted by atomic mass is 10.1. The molecular formula is C13H18N2OS. The second-order valence-electron chi connectivity index (χ2n) is 4.44. The molecule has 1 aromatic rings. The molecule has 2 N–H and O–H groups in total. The average Bonchev–Trinajstić information content (AvgIpc) is 2.79. The Hall–Kier alpha value is -1.13. The first kappa shape index (κ1) is 12.3. The van der Waals surface area contributed by atoms with E-state index in [4.69, 9.17) is 22.7 Å². The maximum absolute atomic E-state index is 5.72. The van der Waals surface area contributed by atoms with Gasteiger partial charge in [-0.25, -0.2) is 0 Å². The molecular weight excluding hydrogens is 232 g/mol. The van der Waals surface area contributed by atoms with Gasteiger partial charge in [-0.15, -0.1) is 0 Å². The van der Waals surface area contributed by atoms with Crippen molar-refractivity contribution in [2.75, 3.05) is 19.7 Å². The van der Waals surface area contributed by atoms with E-state index in [1.54, 1.807) is 0 Å². The van der Waals surface area contributed by atoms with Crippen molar-refractivity contribution in [3.8, 4) is 0 Å². The van der Waals surface area contributed by atoms with Gasteiger partial charge < -0.3 is 15.4 Å². The molecule has 0 aromatic heterocycles. The number of ether oxygens (including phenoxy) is 1. The lowest BCUT2D eigenvalue weighted by molar-refractivity contribution is 0.0908. The van der Waals surface area contributed by atoms with Crippen LogP contribution in [0.5, 0.6) is 0 Å². The zero-order valence-corrected chi connectivity index (χ0v) is 10.7. The molecule has 1 saturated heterocycles. The molecule has 1 unspecified atom stereocenters. The van der Waals surface area contributed by atoms with Gasteiger partial charge in [0.05, 0.1) is 13.2 Å². The zero-order chi connectivity index (χ0) is 12.1. The Balaban J connectivity index is 1.68. The van der Waals surface area contributed by atoms with Crippen molar-refractivity contribution in [2.24, 2.45) is 11.7 Å². The monoisotopic (exact) mass is 250 g/mol. The highest BCUT2D eigenvalue weighted by atomic mass is 32.1. The number of nitrogens with two attached hydrogens (primary N) is 1. The van der Waals surface area contributed by atoms with E-state index in [0.29, 0.717) is 17.6 Å². The van der Waals surface area contributed by atoms with Crippen LogP contribution in [0.15, 0.2) is 30.3 Å². The topological polar surface area (TPSA) is 38.5 Å². The summed E-state index contributed by atoms with van der Waals surface area (Å²) in [5.74, 6) is 0.556. The minimum Gasteiger partial charge on any atom is -0.376 e. The summed E-state index contributed by atoms with van der Waals surface area (Å²) in [6, 6.07) is 10.2. The summed E-state index contributed by atoms with van der Waals surface area (Å²) in [6.45, 7) is 3.37. The average molecular weight is 250 g/mol. The van der Waals surface area contributed by atoms with Crippen LogP contribution in [0.1, 0.15) is 12.0 Å². The van der Waals surface area contributed by atoms with E-state index in [2.05, 4.69) is 12.1 Å². The largest absolute Gasteiger partial charge is 0.376 e. The summed E-state index contributed by atoms with van der Waals surface area (Å²) in [5.41, 5.74) is 6.82. The zero-order valence-electron chi connectivity index (χ0n) is 9.84. The minimum atomic E-state index is 0.510. The number of thiocarbonyl (C=S) groups is 1. The first-order chi connectivity index (χ1) is 8.25. The molecule has 92 valence electrons. The van der Waals surface area contributed by atoms with E-state index in [9.17, 15) is 0 Å². The van der Waals surface area contributed by atoms with E-state index >= 15 is 0 Å². The summed E-state index contributed by atoms with van der Waals surface area (Å²) in [5, 5.41) is 0.510. The Morgan fingerprint density at radius 3 is 2.82 bits per heavy atom. The smallest absolute Gasteiger partial charge is 0.166 e. The molecule has 1 aromatic carbocycles. The number of nitrogens with zero attached hydrogens (tertiary/aromatic N) is 1. The van der Waals surface area contributed by atoms with Crippen LogP contribution in [0.2, 0.25) is 0 Å². The molecule has 4 heteroatoms. The Labute approximate surface area is 108 Å². The van der Waals surface area contributed by atoms with E-state index in [1.807, 2.05) is 23.1 Å². The molecule has 2 rings (SSSR count). The molecule has 3 nitrogen and oxygen atoms in total. The lowest BCUT2D eigenvalue weighted by Crippen LogP contribution is -2.33. The van der Waals surface area contributed by atoms with Gasteiger partial charge in [0.2, 0.25) is 0 Å². The molecule has 0 amide bonds. The Kier molecular flexibility index (Phi) is 4.34. The van der Waals surface area contributed by atoms with Crippen LogP contribution in [0.3, 0.4) is 0 Å². The van der Waals surface area contributed by atoms with Gasteiger partial charge >= 0.3 is 0 Å². The van der Waals surface area contributed by atoms with Crippen molar-refractivity contribution in [3.63, 3.8) is 0 Å². The molecule has 0 spiro atoms. The molecule has 1 aliphatic rings. The van der Waals surface area contributed by atoms with Gasteiger partial charge in [-0.3, -0.25) is 0 Å². The summed E-state index contributed by atoms with van der Waals surface area (Å²) in [6.07, 6.45) is 1.12. The van der Waals surface area contributed by atoms with Crippen LogP contribution in [0.4, 0.5) is 0 Å². The van der Waals surface area contributed by atoms with Crippen LogP contribution in [-0.4, -0.2) is 29.7 Å². The summed E-state index contributed by atoms with van der Waals surface area (Å²) >= 11 is 4.96. The van der Waals surface area contributed by atoms with Gasteiger partial charge in [-0.2, -0.15) is 0 Å². The van der Waals surface area contributed by atoms with Crippen LogP contribution < -0.4 is 5.73 Å². The quantitative estimate of drug-likeness (QED) is 0.827. The van der Waals surface area contributed by atoms with Crippen LogP contribution >= 0.6 is 12.2 Å². The number of hydrogen-bond donors (Lipinski definition) is 1. The normalized spacial score (nSPS) is 19.5. The molecule has 17 heavy (non-hydrogen) atoms. The van der Waals surface area contributed by atoms with Crippen LogP contribution in [0.25, 0.3) is 0 Å². The minimum absolute atomic E-state index is 0.510. The Morgan fingerprint density at radius 1 is 1.41 bits per heavy atom. The highest BCUT2D eigenvalue weighted by Crippen LogP contribution is 2.16. The van der Waals surface area contributed by atoms with E-state index in [-0.39, 0.29) is 0 Å². The molecule has 1 fully saturated rings. The molecule has 1 atom stereocenters. The Morgan fingerprint density at radius 2 is 2.18 bits per heavy atom. The van der Waals surface area contributed by atoms with E-state index in [1.165, 1.54) is 5.56 Å². The maximum atomic E-state index is 5.72. The molecule has 1 heterocycles. The highest BCUT2D eigenvalue weighted by molar-refractivity contribution is 7.80. The second-order valence-corrected chi connectivity index (χ2v) is 4.86. The maximum Gasteiger partial charge on any atom is 0.166 e. The van der Waals surface area contributed by atoms with Gasteiger partial charge in [0.1, 0.15) is 0 Å². The second kappa shape index (κ2) is 5.98. The fourth-order valence-electron chi connectivity index (χ4n) is 2.09. The molecule has 0 bridgehead atoms. The van der Waals surface area contributed by atoms with Crippen molar-refractivity contribution in [2.45, 2.75) is 13.0 Å². The van der Waals surface area contributed by atoms with Crippen molar-refractivity contribution in [3.05, 3.63) is 35.9 Å². The van der Waals surface area contributed by atoms with Crippen molar-refractivity contribution >= 4 is 17.3 Å². The molecule has 0 aliphatic carbocycles. The summed E-state index contributed by atoms with van der Waals surface area (Å²) < 4.78 is 5.72. The van der Waals surface area contributed by atoms with E-state index in [0.717, 1.165) is 26.1 Å². The van der Waals surface area contributed by atoms with Gasteiger partial charge in [-0.1, -0.05) is 30.3 Å². The highest BCUT2D eigenvalue weighted by Gasteiger charge is 2.22. The number of benzene rings is 1. The summed E-state index contributed by atoms with van der Waals surface area (Å²) in [7, 11) is 0. The van der Waals surface area contributed by atoms with Gasteiger partial charge in [-0.05, 0) is 24.2 Å². The number of rotatable bonds is 4. The van der Waals surface area contributed by atoms with Crippen molar-refractivity contribution < 1.29 is 4.74 Å². The molecule has 1 aliphatic heterocycles. The van der Waals surface area contributed by atoms with Crippen LogP contribution in [-0.2, 0) is 11.3 Å². The van der Waals surface area contributed by atoms with Gasteiger partial charge in [0, 0.05) is 19.0 Å². The lowest BCUT2D eigenvalue weighted by Gasteiger charge is -2.15. The SMILES string of the molecule is NC(=S)N1CCC(COCc2ccccc2)C1. The third kappa shape index (κ3) is 3.68. The fourth-order valence-corrected chi connectivity index (χ4v) is 2.25. The molecule has 0 radical (unpaired) electrons. The predicted octanol–water partition coefficient (Wildman–Crippen LogP) is 1.77. The van der Waals surface area contributed by atoms with E-state index < -0.39 is 0 Å². The number of hydrogen-bond acceptors (Lipinski definition) is 2. The number of likely N-dealkylation sites (tertiary alicyclic amines) is 1. The third-order valence-electron chi connectivity index (χ3n) is 3.06.